The van der Waals surface area contributed by atoms with Crippen molar-refractivity contribution in [3.8, 4) is 6.07 Å². The minimum Gasteiger partial charge on any atom is -0.465 e. The highest BCUT2D eigenvalue weighted by Gasteiger charge is 2.16. The van der Waals surface area contributed by atoms with Crippen LogP contribution in [-0.4, -0.2) is 23.8 Å². The van der Waals surface area contributed by atoms with Gasteiger partial charge in [0.25, 0.3) is 0 Å². The first-order valence-electron chi connectivity index (χ1n) is 4.90. The molecule has 6 heteroatoms. The zero-order valence-electron chi connectivity index (χ0n) is 9.13. The van der Waals surface area contributed by atoms with E-state index in [4.69, 9.17) is 21.6 Å². The SMILES string of the molecule is CCOC(=O)C(C#N)C=Nc1ncccc1Cl. The Morgan fingerprint density at radius 2 is 2.59 bits per heavy atom. The van der Waals surface area contributed by atoms with Gasteiger partial charge in [-0.15, -0.1) is 0 Å². The van der Waals surface area contributed by atoms with Gasteiger partial charge in [-0.3, -0.25) is 4.79 Å². The third kappa shape index (κ3) is 3.85. The highest BCUT2D eigenvalue weighted by atomic mass is 35.5. The molecule has 0 aliphatic heterocycles. The fraction of sp³-hybridized carbons (Fsp3) is 0.273. The zero-order valence-corrected chi connectivity index (χ0v) is 9.89. The van der Waals surface area contributed by atoms with Crippen molar-refractivity contribution in [1.82, 2.24) is 4.98 Å². The molecule has 17 heavy (non-hydrogen) atoms. The first-order valence-corrected chi connectivity index (χ1v) is 5.27. The molecule has 0 aromatic carbocycles. The number of carbonyl (C=O) groups is 1. The fourth-order valence-corrected chi connectivity index (χ4v) is 1.17. The van der Waals surface area contributed by atoms with E-state index in [1.807, 2.05) is 0 Å². The molecule has 0 aliphatic carbocycles. The second-order valence-electron chi connectivity index (χ2n) is 2.95. The van der Waals surface area contributed by atoms with Gasteiger partial charge in [0.15, 0.2) is 11.7 Å². The van der Waals surface area contributed by atoms with Gasteiger partial charge in [0.1, 0.15) is 0 Å². The van der Waals surface area contributed by atoms with Gasteiger partial charge in [-0.25, -0.2) is 9.98 Å². The number of pyridine rings is 1. The van der Waals surface area contributed by atoms with E-state index in [0.717, 1.165) is 0 Å². The molecular weight excluding hydrogens is 242 g/mol. The molecule has 0 aliphatic rings. The van der Waals surface area contributed by atoms with E-state index in [9.17, 15) is 4.79 Å². The number of hydrogen-bond donors (Lipinski definition) is 0. The van der Waals surface area contributed by atoms with Crippen molar-refractivity contribution in [2.45, 2.75) is 6.92 Å². The summed E-state index contributed by atoms with van der Waals surface area (Å²) < 4.78 is 4.71. The number of rotatable bonds is 4. The van der Waals surface area contributed by atoms with Crippen LogP contribution < -0.4 is 0 Å². The van der Waals surface area contributed by atoms with E-state index < -0.39 is 11.9 Å². The van der Waals surface area contributed by atoms with Crippen molar-refractivity contribution in [3.63, 3.8) is 0 Å². The Hall–Kier alpha value is -1.93. The van der Waals surface area contributed by atoms with E-state index in [0.29, 0.717) is 5.02 Å². The summed E-state index contributed by atoms with van der Waals surface area (Å²) in [6.45, 7) is 1.88. The van der Waals surface area contributed by atoms with Gasteiger partial charge in [-0.2, -0.15) is 5.26 Å². The van der Waals surface area contributed by atoms with Crippen molar-refractivity contribution in [2.24, 2.45) is 10.9 Å². The second kappa shape index (κ2) is 6.61. The molecule has 0 N–H and O–H groups in total. The smallest absolute Gasteiger partial charge is 0.328 e. The van der Waals surface area contributed by atoms with Crippen molar-refractivity contribution < 1.29 is 9.53 Å². The summed E-state index contributed by atoms with van der Waals surface area (Å²) in [5.41, 5.74) is 0. The van der Waals surface area contributed by atoms with Crippen molar-refractivity contribution in [3.05, 3.63) is 23.4 Å². The maximum atomic E-state index is 11.3. The first kappa shape index (κ1) is 13.1. The van der Waals surface area contributed by atoms with Crippen LogP contribution in [0.4, 0.5) is 5.82 Å². The Balaban J connectivity index is 2.79. The molecule has 0 radical (unpaired) electrons. The van der Waals surface area contributed by atoms with Crippen LogP contribution in [0.15, 0.2) is 23.3 Å². The molecular formula is C11H10ClN3O2. The Labute approximate surface area is 104 Å². The molecule has 1 rings (SSSR count). The Morgan fingerprint density at radius 3 is 3.18 bits per heavy atom. The molecule has 88 valence electrons. The lowest BCUT2D eigenvalue weighted by atomic mass is 10.2. The van der Waals surface area contributed by atoms with Gasteiger partial charge in [0, 0.05) is 12.4 Å². The predicted octanol–water partition coefficient (Wildman–Crippen LogP) is 2.14. The van der Waals surface area contributed by atoms with Crippen LogP contribution in [0.2, 0.25) is 5.02 Å². The van der Waals surface area contributed by atoms with Gasteiger partial charge < -0.3 is 4.74 Å². The average Bonchev–Trinajstić information content (AvgIpc) is 2.32. The second-order valence-corrected chi connectivity index (χ2v) is 3.35. The normalized spacial score (nSPS) is 12.1. The number of hydrogen-bond acceptors (Lipinski definition) is 5. The van der Waals surface area contributed by atoms with E-state index in [2.05, 4.69) is 9.98 Å². The van der Waals surface area contributed by atoms with Crippen molar-refractivity contribution >= 4 is 29.6 Å². The van der Waals surface area contributed by atoms with Gasteiger partial charge in [-0.1, -0.05) is 11.6 Å². The molecule has 0 saturated carbocycles. The highest BCUT2D eigenvalue weighted by molar-refractivity contribution is 6.32. The van der Waals surface area contributed by atoms with Gasteiger partial charge in [0.05, 0.1) is 17.7 Å². The molecule has 1 atom stereocenters. The van der Waals surface area contributed by atoms with Crippen LogP contribution in [-0.2, 0) is 9.53 Å². The number of aliphatic imine (C=N–C) groups is 1. The van der Waals surface area contributed by atoms with Crippen LogP contribution >= 0.6 is 11.6 Å². The Bertz CT molecular complexity index is 468. The summed E-state index contributed by atoms with van der Waals surface area (Å²) in [5, 5.41) is 9.13. The Kier molecular flexibility index (Phi) is 5.11. The van der Waals surface area contributed by atoms with E-state index >= 15 is 0 Å². The first-order chi connectivity index (χ1) is 8.19. The van der Waals surface area contributed by atoms with Gasteiger partial charge >= 0.3 is 5.97 Å². The summed E-state index contributed by atoms with van der Waals surface area (Å²) in [5.74, 6) is -1.42. The summed E-state index contributed by atoms with van der Waals surface area (Å²) in [4.78, 5) is 19.1. The largest absolute Gasteiger partial charge is 0.465 e. The summed E-state index contributed by atoms with van der Waals surface area (Å²) in [6.07, 6.45) is 2.69. The predicted molar refractivity (Wildman–Crippen MR) is 63.1 cm³/mol. The van der Waals surface area contributed by atoms with Gasteiger partial charge in [0.2, 0.25) is 0 Å². The van der Waals surface area contributed by atoms with Crippen LogP contribution in [0.5, 0.6) is 0 Å². The molecule has 0 bridgehead atoms. The molecule has 0 saturated heterocycles. The summed E-state index contributed by atoms with van der Waals surface area (Å²) in [6, 6.07) is 5.06. The monoisotopic (exact) mass is 251 g/mol. The third-order valence-electron chi connectivity index (χ3n) is 1.76. The van der Waals surface area contributed by atoms with E-state index in [1.54, 1.807) is 25.1 Å². The van der Waals surface area contributed by atoms with Crippen molar-refractivity contribution in [1.29, 1.82) is 5.26 Å². The molecule has 0 spiro atoms. The van der Waals surface area contributed by atoms with Crippen molar-refractivity contribution in [2.75, 3.05) is 6.61 Å². The number of nitrogens with zero attached hydrogens (tertiary/aromatic N) is 3. The fourth-order valence-electron chi connectivity index (χ4n) is 0.996. The zero-order chi connectivity index (χ0) is 12.7. The molecule has 1 heterocycles. The third-order valence-corrected chi connectivity index (χ3v) is 2.06. The summed E-state index contributed by atoms with van der Waals surface area (Å²) in [7, 11) is 0. The molecule has 0 fully saturated rings. The minimum atomic E-state index is -1.05. The average molecular weight is 252 g/mol. The number of ether oxygens (including phenoxy) is 1. The lowest BCUT2D eigenvalue weighted by molar-refractivity contribution is -0.143. The van der Waals surface area contributed by atoms with Crippen LogP contribution in [0, 0.1) is 17.2 Å². The van der Waals surface area contributed by atoms with Crippen LogP contribution in [0.25, 0.3) is 0 Å². The van der Waals surface area contributed by atoms with Gasteiger partial charge in [-0.05, 0) is 19.1 Å². The Morgan fingerprint density at radius 1 is 1.82 bits per heavy atom. The lowest BCUT2D eigenvalue weighted by Gasteiger charge is -2.02. The topological polar surface area (TPSA) is 75.3 Å². The molecule has 1 aromatic heterocycles. The van der Waals surface area contributed by atoms with Crippen LogP contribution in [0.1, 0.15) is 6.92 Å². The molecule has 0 amide bonds. The number of aromatic nitrogens is 1. The van der Waals surface area contributed by atoms with Crippen LogP contribution in [0.3, 0.4) is 0 Å². The maximum Gasteiger partial charge on any atom is 0.328 e. The summed E-state index contributed by atoms with van der Waals surface area (Å²) >= 11 is 5.82. The highest BCUT2D eigenvalue weighted by Crippen LogP contribution is 2.20. The molecule has 1 aromatic rings. The molecule has 1 unspecified atom stereocenters. The number of halogens is 1. The van der Waals surface area contributed by atoms with E-state index in [1.165, 1.54) is 12.4 Å². The number of esters is 1. The number of carbonyl (C=O) groups excluding carboxylic acids is 1. The van der Waals surface area contributed by atoms with E-state index in [-0.39, 0.29) is 12.4 Å². The number of nitriles is 1. The quantitative estimate of drug-likeness (QED) is 0.607. The molecule has 5 nitrogen and oxygen atoms in total. The minimum absolute atomic E-state index is 0.217. The maximum absolute atomic E-state index is 11.3. The lowest BCUT2D eigenvalue weighted by Crippen LogP contribution is -2.17. The standard InChI is InChI=1S/C11H10ClN3O2/c1-2-17-11(16)8(6-13)7-15-10-9(12)4-3-5-14-10/h3-5,7-8H,2H2,1H3.